The van der Waals surface area contributed by atoms with Gasteiger partial charge < -0.3 is 4.74 Å². The van der Waals surface area contributed by atoms with Crippen molar-refractivity contribution >= 4 is 0 Å². The van der Waals surface area contributed by atoms with Gasteiger partial charge in [-0.15, -0.1) is 0 Å². The van der Waals surface area contributed by atoms with Crippen molar-refractivity contribution in [2.45, 2.75) is 13.0 Å². The second kappa shape index (κ2) is 15.0. The summed E-state index contributed by atoms with van der Waals surface area (Å²) >= 11 is 0. The molecule has 0 aromatic carbocycles. The third-order valence-electron chi connectivity index (χ3n) is 4.50. The number of halogens is 5. The number of ether oxygens (including phenoxy) is 1. The molecule has 0 aliphatic carbocycles. The van der Waals surface area contributed by atoms with Gasteiger partial charge in [0.2, 0.25) is 0 Å². The third-order valence-corrected chi connectivity index (χ3v) is 4.50. The van der Waals surface area contributed by atoms with Crippen LogP contribution in [0.5, 0.6) is 0 Å². The Morgan fingerprint density at radius 3 is 1.55 bits per heavy atom. The van der Waals surface area contributed by atoms with Crippen molar-refractivity contribution in [2.75, 3.05) is 0 Å². The third kappa shape index (κ3) is 12.0. The minimum atomic E-state index is -3.91. The summed E-state index contributed by atoms with van der Waals surface area (Å²) < 4.78 is 74.6. The number of hydrogen-bond donors (Lipinski definition) is 0. The van der Waals surface area contributed by atoms with Crippen LogP contribution in [0.1, 0.15) is 6.92 Å². The summed E-state index contributed by atoms with van der Waals surface area (Å²) in [7, 11) is 0. The average Bonchev–Trinajstić information content (AvgIpc) is 2.82. The maximum atomic E-state index is 14.7. The second-order valence-corrected chi connectivity index (χ2v) is 7.95. The SMILES string of the molecule is C=C(C)/C=C\C(=C)C(=C)/C=C(/F)C(=C)C(=C)/C=C(/F)C(=C)C(=C)/C=C\C(=C)C(F)(F)OC(=C)/C=C\C(=C)F. The highest BCUT2D eigenvalue weighted by Crippen LogP contribution is 2.30. The highest BCUT2D eigenvalue weighted by Gasteiger charge is 2.34. The zero-order chi connectivity index (χ0) is 29.8. The van der Waals surface area contributed by atoms with Gasteiger partial charge in [0.25, 0.3) is 0 Å². The molecule has 0 unspecified atom stereocenters. The Morgan fingerprint density at radius 2 is 1.05 bits per heavy atom. The minimum Gasteiger partial charge on any atom is -0.430 e. The van der Waals surface area contributed by atoms with Crippen molar-refractivity contribution < 1.29 is 26.7 Å². The quantitative estimate of drug-likeness (QED) is 0.110. The fraction of sp³-hybridized carbons (Fsp3) is 0.0625. The molecule has 0 N–H and O–H groups in total. The van der Waals surface area contributed by atoms with Gasteiger partial charge in [-0.2, -0.15) is 8.78 Å². The van der Waals surface area contributed by atoms with E-state index in [0.29, 0.717) is 5.57 Å². The molecule has 0 spiro atoms. The topological polar surface area (TPSA) is 9.23 Å². The van der Waals surface area contributed by atoms with E-state index in [0.717, 1.165) is 42.0 Å². The van der Waals surface area contributed by atoms with E-state index in [1.807, 2.05) is 0 Å². The Bertz CT molecular complexity index is 1260. The van der Waals surface area contributed by atoms with Crippen LogP contribution in [0.4, 0.5) is 22.0 Å². The van der Waals surface area contributed by atoms with Crippen molar-refractivity contribution in [3.63, 3.8) is 0 Å². The first-order chi connectivity index (χ1) is 17.4. The fourth-order valence-corrected chi connectivity index (χ4v) is 2.16. The summed E-state index contributed by atoms with van der Waals surface area (Å²) in [5, 5.41) is 0. The Morgan fingerprint density at radius 1 is 0.579 bits per heavy atom. The fourth-order valence-electron chi connectivity index (χ4n) is 2.16. The summed E-state index contributed by atoms with van der Waals surface area (Å²) in [6.07, 6.45) is 4.86. The average molecular weight is 527 g/mol. The van der Waals surface area contributed by atoms with Crippen LogP contribution >= 0.6 is 0 Å². The molecule has 0 fully saturated rings. The van der Waals surface area contributed by atoms with Gasteiger partial charge in [-0.05, 0) is 59.6 Å². The van der Waals surface area contributed by atoms with E-state index in [1.165, 1.54) is 0 Å². The molecule has 0 radical (unpaired) electrons. The molecule has 0 saturated heterocycles. The normalized spacial score (nSPS) is 12.5. The van der Waals surface area contributed by atoms with E-state index in [1.54, 1.807) is 19.1 Å². The molecule has 0 aromatic heterocycles. The summed E-state index contributed by atoms with van der Waals surface area (Å²) in [5.74, 6) is -3.19. The Labute approximate surface area is 222 Å². The van der Waals surface area contributed by atoms with Crippen LogP contribution in [0, 0.1) is 0 Å². The van der Waals surface area contributed by atoms with E-state index in [-0.39, 0.29) is 27.9 Å². The van der Waals surface area contributed by atoms with Crippen LogP contribution in [-0.2, 0) is 4.74 Å². The molecule has 0 atom stereocenters. The minimum absolute atomic E-state index is 0.0912. The van der Waals surface area contributed by atoms with Gasteiger partial charge in [-0.3, -0.25) is 0 Å². The molecule has 6 heteroatoms. The lowest BCUT2D eigenvalue weighted by Crippen LogP contribution is -2.21. The summed E-state index contributed by atoms with van der Waals surface area (Å²) in [5.41, 5.74) is -0.0718. The van der Waals surface area contributed by atoms with Crippen LogP contribution in [0.25, 0.3) is 0 Å². The van der Waals surface area contributed by atoms with Gasteiger partial charge >= 0.3 is 6.11 Å². The van der Waals surface area contributed by atoms with Crippen LogP contribution in [0.3, 0.4) is 0 Å². The van der Waals surface area contributed by atoms with Gasteiger partial charge in [-0.25, -0.2) is 13.2 Å². The molecular weight excluding hydrogens is 495 g/mol. The highest BCUT2D eigenvalue weighted by atomic mass is 19.3. The predicted octanol–water partition coefficient (Wildman–Crippen LogP) is 10.4. The van der Waals surface area contributed by atoms with Gasteiger partial charge in [0, 0.05) is 11.1 Å². The number of hydrogen-bond acceptors (Lipinski definition) is 1. The van der Waals surface area contributed by atoms with Crippen molar-refractivity contribution in [3.05, 3.63) is 182 Å². The Hall–Kier alpha value is -4.45. The first-order valence-corrected chi connectivity index (χ1v) is 10.8. The monoisotopic (exact) mass is 526 g/mol. The first kappa shape index (κ1) is 33.5. The highest BCUT2D eigenvalue weighted by molar-refractivity contribution is 5.55. The lowest BCUT2D eigenvalue weighted by Gasteiger charge is -2.18. The van der Waals surface area contributed by atoms with E-state index in [2.05, 4.69) is 70.5 Å². The molecule has 0 bridgehead atoms. The van der Waals surface area contributed by atoms with Crippen molar-refractivity contribution in [3.8, 4) is 0 Å². The molecule has 38 heavy (non-hydrogen) atoms. The maximum Gasteiger partial charge on any atom is 0.426 e. The smallest absolute Gasteiger partial charge is 0.426 e. The lowest BCUT2D eigenvalue weighted by molar-refractivity contribution is -0.175. The van der Waals surface area contributed by atoms with Crippen molar-refractivity contribution in [2.24, 2.45) is 0 Å². The van der Waals surface area contributed by atoms with E-state index < -0.39 is 34.9 Å². The van der Waals surface area contributed by atoms with Crippen LogP contribution in [0.2, 0.25) is 0 Å². The van der Waals surface area contributed by atoms with Crippen LogP contribution in [0.15, 0.2) is 182 Å². The standard InChI is InChI=1S/C32H31F5O/c1-20(2)12-13-21(3)23(5)18-30(34)29(11)24(6)19-31(35)28(10)22(4)14-15-25(7)32(36,37)38-27(9)17-16-26(8)33/h12-19H,1,3-11H2,2H3/b13-12-,15-14-,17-16-,30-18+,31-19+. The number of allylic oxidation sites excluding steroid dienone is 17. The Kier molecular flexibility index (Phi) is 13.2. The van der Waals surface area contributed by atoms with E-state index >= 15 is 0 Å². The molecule has 0 saturated carbocycles. The second-order valence-electron chi connectivity index (χ2n) is 7.95. The molecule has 0 aliphatic rings. The molecule has 0 amide bonds. The van der Waals surface area contributed by atoms with Gasteiger partial charge in [0.15, 0.2) is 0 Å². The van der Waals surface area contributed by atoms with E-state index in [4.69, 9.17) is 0 Å². The van der Waals surface area contributed by atoms with Gasteiger partial charge in [-0.1, -0.05) is 89.6 Å². The lowest BCUT2D eigenvalue weighted by atomic mass is 10.0. The van der Waals surface area contributed by atoms with Gasteiger partial charge in [0.1, 0.15) is 23.2 Å². The molecule has 0 aliphatic heterocycles. The Balaban J connectivity index is 5.38. The molecule has 200 valence electrons. The number of rotatable bonds is 16. The zero-order valence-corrected chi connectivity index (χ0v) is 21.5. The first-order valence-electron chi connectivity index (χ1n) is 10.8. The summed E-state index contributed by atoms with van der Waals surface area (Å²) in [6, 6.07) is 0. The van der Waals surface area contributed by atoms with Gasteiger partial charge in [0.05, 0.1) is 5.57 Å². The van der Waals surface area contributed by atoms with Crippen LogP contribution in [-0.4, -0.2) is 6.11 Å². The molecule has 0 heterocycles. The van der Waals surface area contributed by atoms with Crippen molar-refractivity contribution in [1.82, 2.24) is 0 Å². The summed E-state index contributed by atoms with van der Waals surface area (Å²) in [4.78, 5) is 0. The molecule has 0 aromatic rings. The predicted molar refractivity (Wildman–Crippen MR) is 150 cm³/mol. The largest absolute Gasteiger partial charge is 0.430 e. The zero-order valence-electron chi connectivity index (χ0n) is 21.5. The van der Waals surface area contributed by atoms with E-state index in [9.17, 15) is 22.0 Å². The maximum absolute atomic E-state index is 14.7. The van der Waals surface area contributed by atoms with Crippen LogP contribution < -0.4 is 0 Å². The number of alkyl halides is 2. The summed E-state index contributed by atoms with van der Waals surface area (Å²) in [6.45, 7) is 36.6. The molecule has 1 nitrogen and oxygen atoms in total. The molecular formula is C32H31F5O. The molecule has 0 rings (SSSR count). The van der Waals surface area contributed by atoms with Crippen molar-refractivity contribution in [1.29, 1.82) is 0 Å².